The number of amides is 1. The van der Waals surface area contributed by atoms with E-state index in [0.717, 1.165) is 38.0 Å². The predicted octanol–water partition coefficient (Wildman–Crippen LogP) is 2.02. The maximum Gasteiger partial charge on any atom is 0.234 e. The third-order valence-corrected chi connectivity index (χ3v) is 4.96. The Morgan fingerprint density at radius 2 is 2.05 bits per heavy atom. The summed E-state index contributed by atoms with van der Waals surface area (Å²) in [5.74, 6) is 0.887. The predicted molar refractivity (Wildman–Crippen MR) is 85.5 cm³/mol. The van der Waals surface area contributed by atoms with E-state index >= 15 is 0 Å². The van der Waals surface area contributed by atoms with Gasteiger partial charge in [0.25, 0.3) is 0 Å². The lowest BCUT2D eigenvalue weighted by atomic mass is 10.2. The molecule has 22 heavy (non-hydrogen) atoms. The average molecular weight is 305 g/mol. The summed E-state index contributed by atoms with van der Waals surface area (Å²) in [6, 6.07) is 4.48. The second-order valence-corrected chi connectivity index (χ2v) is 6.56. The molecule has 1 aromatic heterocycles. The lowest BCUT2D eigenvalue weighted by molar-refractivity contribution is -0.123. The van der Waals surface area contributed by atoms with Crippen LogP contribution in [0.1, 0.15) is 44.4 Å². The van der Waals surface area contributed by atoms with Gasteiger partial charge in [-0.2, -0.15) is 0 Å². The minimum atomic E-state index is -0.0673. The van der Waals surface area contributed by atoms with Crippen LogP contribution in [0.2, 0.25) is 0 Å². The van der Waals surface area contributed by atoms with Gasteiger partial charge in [-0.1, -0.05) is 12.8 Å². The van der Waals surface area contributed by atoms with Crippen LogP contribution in [0.15, 0.2) is 22.8 Å². The quantitative estimate of drug-likeness (QED) is 0.904. The number of hydrogen-bond acceptors (Lipinski definition) is 4. The Morgan fingerprint density at radius 3 is 2.68 bits per heavy atom. The van der Waals surface area contributed by atoms with Crippen molar-refractivity contribution in [3.8, 4) is 0 Å². The Hall–Kier alpha value is -1.33. The second-order valence-electron chi connectivity index (χ2n) is 6.56. The van der Waals surface area contributed by atoms with Crippen molar-refractivity contribution in [1.29, 1.82) is 0 Å². The molecule has 1 aliphatic carbocycles. The SMILES string of the molecule is CC(NC(=O)CN1CCN(C2CCCC2)CC1)c1ccco1. The molecule has 0 radical (unpaired) electrons. The standard InChI is InChI=1S/C17H27N3O2/c1-14(16-7-4-12-22-16)18-17(21)13-19-8-10-20(11-9-19)15-5-2-3-6-15/h4,7,12,14-15H,2-3,5-6,8-11,13H2,1H3,(H,18,21). The molecule has 5 nitrogen and oxygen atoms in total. The van der Waals surface area contributed by atoms with Gasteiger partial charge in [0, 0.05) is 32.2 Å². The Kier molecular flexibility index (Phi) is 5.16. The fraction of sp³-hybridized carbons (Fsp3) is 0.706. The number of hydrogen-bond donors (Lipinski definition) is 1. The average Bonchev–Trinajstić information content (AvgIpc) is 3.21. The van der Waals surface area contributed by atoms with Gasteiger partial charge in [-0.05, 0) is 31.9 Å². The van der Waals surface area contributed by atoms with E-state index in [0.29, 0.717) is 6.54 Å². The van der Waals surface area contributed by atoms with E-state index in [4.69, 9.17) is 4.42 Å². The van der Waals surface area contributed by atoms with Gasteiger partial charge in [-0.25, -0.2) is 0 Å². The molecule has 1 aromatic rings. The normalized spacial score (nSPS) is 22.8. The van der Waals surface area contributed by atoms with E-state index in [1.165, 1.54) is 25.7 Å². The van der Waals surface area contributed by atoms with E-state index in [1.54, 1.807) is 6.26 Å². The Bertz CT molecular complexity index is 460. The minimum absolute atomic E-state index is 0.0673. The van der Waals surface area contributed by atoms with Crippen LogP contribution in [-0.2, 0) is 4.79 Å². The van der Waals surface area contributed by atoms with Crippen molar-refractivity contribution in [1.82, 2.24) is 15.1 Å². The first-order chi connectivity index (χ1) is 10.7. The summed E-state index contributed by atoms with van der Waals surface area (Å²) in [6.07, 6.45) is 7.14. The molecule has 2 heterocycles. The van der Waals surface area contributed by atoms with E-state index in [2.05, 4.69) is 15.1 Å². The molecule has 1 amide bonds. The summed E-state index contributed by atoms with van der Waals surface area (Å²) in [5.41, 5.74) is 0. The van der Waals surface area contributed by atoms with Crippen LogP contribution in [-0.4, -0.2) is 54.5 Å². The number of nitrogens with zero attached hydrogens (tertiary/aromatic N) is 2. The molecule has 3 rings (SSSR count). The molecule has 1 saturated heterocycles. The number of piperazine rings is 1. The zero-order chi connectivity index (χ0) is 15.4. The van der Waals surface area contributed by atoms with Crippen LogP contribution in [0.4, 0.5) is 0 Å². The highest BCUT2D eigenvalue weighted by molar-refractivity contribution is 5.78. The van der Waals surface area contributed by atoms with Crippen LogP contribution in [0.3, 0.4) is 0 Å². The molecule has 0 spiro atoms. The van der Waals surface area contributed by atoms with Crippen LogP contribution in [0.5, 0.6) is 0 Å². The van der Waals surface area contributed by atoms with E-state index in [1.807, 2.05) is 19.1 Å². The number of carbonyl (C=O) groups is 1. The molecule has 0 bridgehead atoms. The minimum Gasteiger partial charge on any atom is -0.467 e. The monoisotopic (exact) mass is 305 g/mol. The van der Waals surface area contributed by atoms with Gasteiger partial charge in [-0.15, -0.1) is 0 Å². The van der Waals surface area contributed by atoms with E-state index in [-0.39, 0.29) is 11.9 Å². The summed E-state index contributed by atoms with van der Waals surface area (Å²) in [7, 11) is 0. The first kappa shape index (κ1) is 15.6. The van der Waals surface area contributed by atoms with Crippen LogP contribution < -0.4 is 5.32 Å². The van der Waals surface area contributed by atoms with Crippen molar-refractivity contribution < 1.29 is 9.21 Å². The molecule has 2 fully saturated rings. The second kappa shape index (κ2) is 7.29. The summed E-state index contributed by atoms with van der Waals surface area (Å²) in [5, 5.41) is 3.01. The molecular weight excluding hydrogens is 278 g/mol. The lowest BCUT2D eigenvalue weighted by Gasteiger charge is -2.37. The van der Waals surface area contributed by atoms with Crippen LogP contribution in [0, 0.1) is 0 Å². The maximum atomic E-state index is 12.1. The smallest absolute Gasteiger partial charge is 0.234 e. The van der Waals surface area contributed by atoms with Crippen molar-refractivity contribution >= 4 is 5.91 Å². The fourth-order valence-electron chi connectivity index (χ4n) is 3.66. The number of nitrogens with one attached hydrogen (secondary N) is 1. The zero-order valence-electron chi connectivity index (χ0n) is 13.5. The molecule has 1 N–H and O–H groups in total. The lowest BCUT2D eigenvalue weighted by Crippen LogP contribution is -2.51. The van der Waals surface area contributed by atoms with Gasteiger partial charge >= 0.3 is 0 Å². The third-order valence-electron chi connectivity index (χ3n) is 4.96. The number of rotatable bonds is 5. The largest absolute Gasteiger partial charge is 0.467 e. The maximum absolute atomic E-state index is 12.1. The van der Waals surface area contributed by atoms with Crippen molar-refractivity contribution in [3.63, 3.8) is 0 Å². The molecule has 122 valence electrons. The summed E-state index contributed by atoms with van der Waals surface area (Å²) in [4.78, 5) is 17.0. The van der Waals surface area contributed by atoms with Crippen molar-refractivity contribution in [2.24, 2.45) is 0 Å². The highest BCUT2D eigenvalue weighted by Gasteiger charge is 2.26. The molecular formula is C17H27N3O2. The van der Waals surface area contributed by atoms with Gasteiger partial charge in [0.1, 0.15) is 5.76 Å². The van der Waals surface area contributed by atoms with E-state index in [9.17, 15) is 4.79 Å². The molecule has 1 aliphatic heterocycles. The first-order valence-corrected chi connectivity index (χ1v) is 8.51. The highest BCUT2D eigenvalue weighted by atomic mass is 16.3. The van der Waals surface area contributed by atoms with Crippen LogP contribution >= 0.6 is 0 Å². The third kappa shape index (κ3) is 3.90. The molecule has 0 aromatic carbocycles. The van der Waals surface area contributed by atoms with Crippen LogP contribution in [0.25, 0.3) is 0 Å². The van der Waals surface area contributed by atoms with Gasteiger partial charge in [-0.3, -0.25) is 14.6 Å². The van der Waals surface area contributed by atoms with E-state index < -0.39 is 0 Å². The Balaban J connectivity index is 1.39. The van der Waals surface area contributed by atoms with Gasteiger partial charge < -0.3 is 9.73 Å². The Labute approximate surface area is 132 Å². The highest BCUT2D eigenvalue weighted by Crippen LogP contribution is 2.24. The number of furan rings is 1. The molecule has 1 atom stereocenters. The van der Waals surface area contributed by atoms with Gasteiger partial charge in [0.05, 0.1) is 18.8 Å². The molecule has 1 saturated carbocycles. The molecule has 1 unspecified atom stereocenters. The van der Waals surface area contributed by atoms with Crippen molar-refractivity contribution in [2.75, 3.05) is 32.7 Å². The summed E-state index contributed by atoms with van der Waals surface area (Å²) in [6.45, 7) is 6.65. The van der Waals surface area contributed by atoms with Crippen molar-refractivity contribution in [3.05, 3.63) is 24.2 Å². The number of carbonyl (C=O) groups excluding carboxylic acids is 1. The summed E-state index contributed by atoms with van der Waals surface area (Å²) < 4.78 is 5.32. The molecule has 5 heteroatoms. The Morgan fingerprint density at radius 1 is 1.32 bits per heavy atom. The topological polar surface area (TPSA) is 48.7 Å². The van der Waals surface area contributed by atoms with Crippen molar-refractivity contribution in [2.45, 2.75) is 44.7 Å². The summed E-state index contributed by atoms with van der Waals surface area (Å²) >= 11 is 0. The van der Waals surface area contributed by atoms with Gasteiger partial charge in [0.2, 0.25) is 5.91 Å². The molecule has 2 aliphatic rings. The first-order valence-electron chi connectivity index (χ1n) is 8.51. The zero-order valence-corrected chi connectivity index (χ0v) is 13.5. The van der Waals surface area contributed by atoms with Gasteiger partial charge in [0.15, 0.2) is 0 Å². The fourth-order valence-corrected chi connectivity index (χ4v) is 3.66.